The molecule has 1 N–H and O–H groups in total. The van der Waals surface area contributed by atoms with E-state index in [4.69, 9.17) is 12.2 Å². The number of thiocarbonyl (C=S) groups is 1. The van der Waals surface area contributed by atoms with E-state index in [9.17, 15) is 0 Å². The third kappa shape index (κ3) is 3.33. The van der Waals surface area contributed by atoms with Crippen LogP contribution < -0.4 is 5.32 Å². The second-order valence-corrected chi connectivity index (χ2v) is 7.02. The van der Waals surface area contributed by atoms with E-state index in [1.54, 1.807) is 0 Å². The summed E-state index contributed by atoms with van der Waals surface area (Å²) in [7, 11) is 0. The number of hydrogen-bond acceptors (Lipinski definition) is 2. The standard InChI is InChI=1S/C22H20N2S/c1-15-8-10-16(11-9-15)21-20(7-4-12-23-21)22(25)24-19-13-17-5-2-3-6-18(17)14-19/h2-12,19H,13-14H2,1H3,(H,24,25). The largest absolute Gasteiger partial charge is 0.372 e. The Bertz CT molecular complexity index is 890. The average Bonchev–Trinajstić information content (AvgIpc) is 3.04. The normalized spacial score (nSPS) is 13.5. The Hall–Kier alpha value is -2.52. The van der Waals surface area contributed by atoms with Crippen molar-refractivity contribution in [1.82, 2.24) is 10.3 Å². The van der Waals surface area contributed by atoms with E-state index in [2.05, 4.69) is 71.8 Å². The minimum Gasteiger partial charge on any atom is -0.372 e. The predicted octanol–water partition coefficient (Wildman–Crippen LogP) is 4.49. The third-order valence-electron chi connectivity index (χ3n) is 4.76. The maximum atomic E-state index is 5.73. The van der Waals surface area contributed by atoms with Crippen molar-refractivity contribution in [1.29, 1.82) is 0 Å². The number of hydrogen-bond donors (Lipinski definition) is 1. The molecule has 3 heteroatoms. The molecule has 0 aliphatic heterocycles. The van der Waals surface area contributed by atoms with Crippen LogP contribution in [0.5, 0.6) is 0 Å². The van der Waals surface area contributed by atoms with Gasteiger partial charge in [0.15, 0.2) is 0 Å². The topological polar surface area (TPSA) is 24.9 Å². The summed E-state index contributed by atoms with van der Waals surface area (Å²) < 4.78 is 0. The van der Waals surface area contributed by atoms with Gasteiger partial charge in [-0.3, -0.25) is 4.98 Å². The lowest BCUT2D eigenvalue weighted by Crippen LogP contribution is -2.35. The van der Waals surface area contributed by atoms with Gasteiger partial charge in [0.25, 0.3) is 0 Å². The molecule has 1 aliphatic carbocycles. The van der Waals surface area contributed by atoms with Crippen molar-refractivity contribution < 1.29 is 0 Å². The SMILES string of the molecule is Cc1ccc(-c2ncccc2C(=S)NC2Cc3ccccc3C2)cc1. The fourth-order valence-corrected chi connectivity index (χ4v) is 3.79. The lowest BCUT2D eigenvalue weighted by atomic mass is 10.0. The van der Waals surface area contributed by atoms with E-state index in [1.807, 2.05) is 12.3 Å². The summed E-state index contributed by atoms with van der Waals surface area (Å²) in [6, 6.07) is 21.4. The molecule has 1 aliphatic rings. The molecular weight excluding hydrogens is 324 g/mol. The Balaban J connectivity index is 1.56. The van der Waals surface area contributed by atoms with Crippen molar-refractivity contribution in [3.63, 3.8) is 0 Å². The van der Waals surface area contributed by atoms with Gasteiger partial charge in [-0.2, -0.15) is 0 Å². The van der Waals surface area contributed by atoms with Crippen LogP contribution in [-0.2, 0) is 12.8 Å². The van der Waals surface area contributed by atoms with Gasteiger partial charge in [0.2, 0.25) is 0 Å². The van der Waals surface area contributed by atoms with Crippen LogP contribution in [0.1, 0.15) is 22.3 Å². The molecule has 124 valence electrons. The number of aryl methyl sites for hydroxylation is 1. The zero-order valence-electron chi connectivity index (χ0n) is 14.2. The highest BCUT2D eigenvalue weighted by molar-refractivity contribution is 7.80. The van der Waals surface area contributed by atoms with E-state index >= 15 is 0 Å². The van der Waals surface area contributed by atoms with Gasteiger partial charge in [0.1, 0.15) is 4.99 Å². The summed E-state index contributed by atoms with van der Waals surface area (Å²) in [6.07, 6.45) is 3.87. The second kappa shape index (κ2) is 6.77. The number of pyridine rings is 1. The van der Waals surface area contributed by atoms with E-state index < -0.39 is 0 Å². The van der Waals surface area contributed by atoms with Gasteiger partial charge in [-0.05, 0) is 43.0 Å². The maximum absolute atomic E-state index is 5.73. The van der Waals surface area contributed by atoms with Crippen molar-refractivity contribution in [3.05, 3.63) is 89.1 Å². The summed E-state index contributed by atoms with van der Waals surface area (Å²) in [5.41, 5.74) is 7.12. The fraction of sp³-hybridized carbons (Fsp3) is 0.182. The van der Waals surface area contributed by atoms with Crippen LogP contribution >= 0.6 is 12.2 Å². The number of fused-ring (bicyclic) bond motifs is 1. The van der Waals surface area contributed by atoms with Crippen LogP contribution in [0.4, 0.5) is 0 Å². The molecule has 2 nitrogen and oxygen atoms in total. The minimum atomic E-state index is 0.357. The Morgan fingerprint density at radius 2 is 1.64 bits per heavy atom. The number of benzene rings is 2. The summed E-state index contributed by atoms with van der Waals surface area (Å²) in [6.45, 7) is 2.09. The van der Waals surface area contributed by atoms with E-state index in [0.717, 1.165) is 34.7 Å². The summed E-state index contributed by atoms with van der Waals surface area (Å²) >= 11 is 5.73. The molecular formula is C22H20N2S. The molecule has 3 aromatic rings. The lowest BCUT2D eigenvalue weighted by Gasteiger charge is -2.16. The van der Waals surface area contributed by atoms with Gasteiger partial charge in [0.05, 0.1) is 5.69 Å². The molecule has 0 saturated carbocycles. The van der Waals surface area contributed by atoms with Gasteiger partial charge in [-0.1, -0.05) is 66.3 Å². The minimum absolute atomic E-state index is 0.357. The van der Waals surface area contributed by atoms with Crippen molar-refractivity contribution in [2.75, 3.05) is 0 Å². The first-order valence-corrected chi connectivity index (χ1v) is 9.01. The van der Waals surface area contributed by atoms with Gasteiger partial charge in [-0.15, -0.1) is 0 Å². The Morgan fingerprint density at radius 1 is 0.960 bits per heavy atom. The van der Waals surface area contributed by atoms with Gasteiger partial charge >= 0.3 is 0 Å². The number of nitrogens with zero attached hydrogens (tertiary/aromatic N) is 1. The van der Waals surface area contributed by atoms with Crippen LogP contribution in [0.25, 0.3) is 11.3 Å². The quantitative estimate of drug-likeness (QED) is 0.709. The van der Waals surface area contributed by atoms with Crippen LogP contribution in [0.15, 0.2) is 66.9 Å². The number of nitrogens with one attached hydrogen (secondary N) is 1. The summed E-state index contributed by atoms with van der Waals surface area (Å²) in [5.74, 6) is 0. The van der Waals surface area contributed by atoms with Crippen molar-refractivity contribution in [2.24, 2.45) is 0 Å². The highest BCUT2D eigenvalue weighted by atomic mass is 32.1. The summed E-state index contributed by atoms with van der Waals surface area (Å²) in [4.78, 5) is 5.37. The highest BCUT2D eigenvalue weighted by Crippen LogP contribution is 2.24. The van der Waals surface area contributed by atoms with Gasteiger partial charge < -0.3 is 5.32 Å². The van der Waals surface area contributed by atoms with E-state index in [0.29, 0.717) is 6.04 Å². The van der Waals surface area contributed by atoms with Crippen molar-refractivity contribution in [2.45, 2.75) is 25.8 Å². The average molecular weight is 344 g/mol. The maximum Gasteiger partial charge on any atom is 0.109 e. The van der Waals surface area contributed by atoms with E-state index in [-0.39, 0.29) is 0 Å². The smallest absolute Gasteiger partial charge is 0.109 e. The molecule has 0 atom stereocenters. The first-order valence-electron chi connectivity index (χ1n) is 8.60. The van der Waals surface area contributed by atoms with Crippen LogP contribution in [0, 0.1) is 6.92 Å². The molecule has 0 spiro atoms. The molecule has 2 aromatic carbocycles. The molecule has 0 radical (unpaired) electrons. The molecule has 0 unspecified atom stereocenters. The zero-order chi connectivity index (χ0) is 17.2. The Kier molecular flexibility index (Phi) is 4.33. The first kappa shape index (κ1) is 16.0. The summed E-state index contributed by atoms with van der Waals surface area (Å²) in [5, 5.41) is 3.56. The second-order valence-electron chi connectivity index (χ2n) is 6.61. The third-order valence-corrected chi connectivity index (χ3v) is 5.10. The molecule has 0 fully saturated rings. The molecule has 25 heavy (non-hydrogen) atoms. The molecule has 0 saturated heterocycles. The monoisotopic (exact) mass is 344 g/mol. The Labute approximate surface area is 153 Å². The van der Waals surface area contributed by atoms with Crippen LogP contribution in [0.3, 0.4) is 0 Å². The van der Waals surface area contributed by atoms with Crippen molar-refractivity contribution in [3.8, 4) is 11.3 Å². The molecule has 1 aromatic heterocycles. The number of rotatable bonds is 3. The first-order chi connectivity index (χ1) is 12.2. The molecule has 1 heterocycles. The lowest BCUT2D eigenvalue weighted by molar-refractivity contribution is 0.649. The molecule has 0 amide bonds. The molecule has 0 bridgehead atoms. The van der Waals surface area contributed by atoms with Crippen molar-refractivity contribution >= 4 is 17.2 Å². The highest BCUT2D eigenvalue weighted by Gasteiger charge is 2.22. The van der Waals surface area contributed by atoms with Crippen LogP contribution in [0.2, 0.25) is 0 Å². The molecule has 4 rings (SSSR count). The van der Waals surface area contributed by atoms with Gasteiger partial charge in [-0.25, -0.2) is 0 Å². The van der Waals surface area contributed by atoms with Gasteiger partial charge in [0, 0.05) is 23.4 Å². The van der Waals surface area contributed by atoms with Crippen LogP contribution in [-0.4, -0.2) is 16.0 Å². The number of aromatic nitrogens is 1. The Morgan fingerprint density at radius 3 is 2.32 bits per heavy atom. The predicted molar refractivity (Wildman–Crippen MR) is 107 cm³/mol. The fourth-order valence-electron chi connectivity index (χ4n) is 3.45. The van der Waals surface area contributed by atoms with E-state index in [1.165, 1.54) is 16.7 Å². The zero-order valence-corrected chi connectivity index (χ0v) is 15.0.